The van der Waals surface area contributed by atoms with E-state index in [2.05, 4.69) is 5.32 Å². The molecule has 3 N–H and O–H groups in total. The van der Waals surface area contributed by atoms with Crippen molar-refractivity contribution in [1.82, 2.24) is 5.32 Å². The molecule has 0 radical (unpaired) electrons. The van der Waals surface area contributed by atoms with Crippen LogP contribution in [-0.2, 0) is 4.79 Å². The van der Waals surface area contributed by atoms with Gasteiger partial charge in [0.05, 0.1) is 6.42 Å². The van der Waals surface area contributed by atoms with Gasteiger partial charge in [-0.3, -0.25) is 4.79 Å². The van der Waals surface area contributed by atoms with Crippen molar-refractivity contribution in [2.24, 2.45) is 11.7 Å². The van der Waals surface area contributed by atoms with Crippen molar-refractivity contribution in [3.05, 3.63) is 0 Å². The molecule has 0 bridgehead atoms. The molecule has 6 heteroatoms. The first kappa shape index (κ1) is 13.3. The van der Waals surface area contributed by atoms with Crippen LogP contribution in [0.5, 0.6) is 0 Å². The second-order valence-corrected chi connectivity index (χ2v) is 4.27. The van der Waals surface area contributed by atoms with E-state index in [0.717, 1.165) is 19.3 Å². The summed E-state index contributed by atoms with van der Waals surface area (Å²) < 4.78 is 35.5. The number of carbonyl (C=O) groups is 1. The molecule has 1 amide bonds. The van der Waals surface area contributed by atoms with Crippen molar-refractivity contribution in [2.45, 2.75) is 44.3 Å². The maximum atomic E-state index is 11.8. The topological polar surface area (TPSA) is 55.1 Å². The molecular formula is C10H17F3N2O. The zero-order valence-corrected chi connectivity index (χ0v) is 9.02. The van der Waals surface area contributed by atoms with Crippen LogP contribution in [0.4, 0.5) is 13.2 Å². The number of hydrogen-bond acceptors (Lipinski definition) is 2. The summed E-state index contributed by atoms with van der Waals surface area (Å²) in [5.41, 5.74) is 5.78. The Labute approximate surface area is 92.6 Å². The Balaban J connectivity index is 2.15. The number of nitrogens with one attached hydrogen (secondary N) is 1. The van der Waals surface area contributed by atoms with Gasteiger partial charge in [0, 0.05) is 19.0 Å². The molecule has 1 saturated carbocycles. The molecule has 1 aliphatic carbocycles. The van der Waals surface area contributed by atoms with Crippen molar-refractivity contribution >= 4 is 5.91 Å². The summed E-state index contributed by atoms with van der Waals surface area (Å²) in [4.78, 5) is 11.1. The minimum Gasteiger partial charge on any atom is -0.356 e. The third-order valence-corrected chi connectivity index (χ3v) is 2.91. The van der Waals surface area contributed by atoms with Gasteiger partial charge in [0.2, 0.25) is 5.91 Å². The van der Waals surface area contributed by atoms with Crippen molar-refractivity contribution in [2.75, 3.05) is 6.54 Å². The number of alkyl halides is 3. The number of rotatable bonds is 4. The largest absolute Gasteiger partial charge is 0.389 e. The first-order valence-corrected chi connectivity index (χ1v) is 5.47. The van der Waals surface area contributed by atoms with Crippen LogP contribution in [0.15, 0.2) is 0 Å². The molecular weight excluding hydrogens is 221 g/mol. The first-order chi connectivity index (χ1) is 7.38. The standard InChI is InChI=1S/C10H17F3N2O/c11-10(12,13)5-4-9(16)15-6-7-2-1-3-8(7)14/h7-8H,1-6,14H2,(H,15,16). The summed E-state index contributed by atoms with van der Waals surface area (Å²) in [5, 5.41) is 2.51. The summed E-state index contributed by atoms with van der Waals surface area (Å²) in [7, 11) is 0. The van der Waals surface area contributed by atoms with Crippen LogP contribution in [0, 0.1) is 5.92 Å². The van der Waals surface area contributed by atoms with Crippen LogP contribution in [0.1, 0.15) is 32.1 Å². The van der Waals surface area contributed by atoms with Gasteiger partial charge < -0.3 is 11.1 Å². The molecule has 3 nitrogen and oxygen atoms in total. The van der Waals surface area contributed by atoms with E-state index >= 15 is 0 Å². The lowest BCUT2D eigenvalue weighted by molar-refractivity contribution is -0.144. The van der Waals surface area contributed by atoms with Crippen molar-refractivity contribution < 1.29 is 18.0 Å². The Kier molecular flexibility index (Phi) is 4.58. The molecule has 94 valence electrons. The molecule has 2 atom stereocenters. The third-order valence-electron chi connectivity index (χ3n) is 2.91. The molecule has 0 spiro atoms. The molecule has 0 aromatic carbocycles. The van der Waals surface area contributed by atoms with Crippen LogP contribution in [-0.4, -0.2) is 24.7 Å². The molecule has 1 fully saturated rings. The highest BCUT2D eigenvalue weighted by molar-refractivity contribution is 5.75. The molecule has 0 saturated heterocycles. The van der Waals surface area contributed by atoms with Crippen LogP contribution in [0.3, 0.4) is 0 Å². The van der Waals surface area contributed by atoms with Crippen molar-refractivity contribution in [1.29, 1.82) is 0 Å². The van der Waals surface area contributed by atoms with Gasteiger partial charge in [-0.2, -0.15) is 13.2 Å². The maximum Gasteiger partial charge on any atom is 0.389 e. The van der Waals surface area contributed by atoms with Crippen molar-refractivity contribution in [3.63, 3.8) is 0 Å². The molecule has 0 aromatic heterocycles. The summed E-state index contributed by atoms with van der Waals surface area (Å²) in [5.74, 6) is -0.328. The third kappa shape index (κ3) is 4.83. The highest BCUT2D eigenvalue weighted by Gasteiger charge is 2.28. The lowest BCUT2D eigenvalue weighted by Gasteiger charge is -2.16. The smallest absolute Gasteiger partial charge is 0.356 e. The first-order valence-electron chi connectivity index (χ1n) is 5.47. The van der Waals surface area contributed by atoms with E-state index in [1.54, 1.807) is 0 Å². The van der Waals surface area contributed by atoms with Gasteiger partial charge in [-0.1, -0.05) is 6.42 Å². The number of hydrogen-bond donors (Lipinski definition) is 2. The second kappa shape index (κ2) is 5.52. The van der Waals surface area contributed by atoms with Crippen LogP contribution in [0.25, 0.3) is 0 Å². The van der Waals surface area contributed by atoms with E-state index in [9.17, 15) is 18.0 Å². The highest BCUT2D eigenvalue weighted by Crippen LogP contribution is 2.23. The highest BCUT2D eigenvalue weighted by atomic mass is 19.4. The number of amides is 1. The molecule has 0 aromatic rings. The predicted octanol–water partition coefficient (Wildman–Crippen LogP) is 1.57. The van der Waals surface area contributed by atoms with E-state index in [1.165, 1.54) is 0 Å². The number of carbonyl (C=O) groups excluding carboxylic acids is 1. The summed E-state index contributed by atoms with van der Waals surface area (Å²) in [6, 6.07) is 0.0721. The minimum absolute atomic E-state index is 0.0721. The predicted molar refractivity (Wildman–Crippen MR) is 53.6 cm³/mol. The molecule has 16 heavy (non-hydrogen) atoms. The maximum absolute atomic E-state index is 11.8. The number of nitrogens with two attached hydrogens (primary N) is 1. The Morgan fingerprint density at radius 2 is 2.06 bits per heavy atom. The molecule has 0 aliphatic heterocycles. The lowest BCUT2D eigenvalue weighted by atomic mass is 10.0. The fourth-order valence-electron chi connectivity index (χ4n) is 1.91. The van der Waals surface area contributed by atoms with Gasteiger partial charge >= 0.3 is 6.18 Å². The van der Waals surface area contributed by atoms with Crippen LogP contribution in [0.2, 0.25) is 0 Å². The van der Waals surface area contributed by atoms with E-state index in [4.69, 9.17) is 5.73 Å². The van der Waals surface area contributed by atoms with Gasteiger partial charge in [0.15, 0.2) is 0 Å². The van der Waals surface area contributed by atoms with Gasteiger partial charge in [-0.25, -0.2) is 0 Å². The Hall–Kier alpha value is -0.780. The Bertz CT molecular complexity index is 243. The van der Waals surface area contributed by atoms with E-state index in [0.29, 0.717) is 6.54 Å². The minimum atomic E-state index is -4.26. The van der Waals surface area contributed by atoms with Gasteiger partial charge in [-0.05, 0) is 18.8 Å². The lowest BCUT2D eigenvalue weighted by Crippen LogP contribution is -2.36. The number of halogens is 3. The average Bonchev–Trinajstić information content (AvgIpc) is 2.57. The average molecular weight is 238 g/mol. The van der Waals surface area contributed by atoms with Crippen molar-refractivity contribution in [3.8, 4) is 0 Å². The fraction of sp³-hybridized carbons (Fsp3) is 0.900. The quantitative estimate of drug-likeness (QED) is 0.781. The van der Waals surface area contributed by atoms with Gasteiger partial charge in [0.1, 0.15) is 0 Å². The summed E-state index contributed by atoms with van der Waals surface area (Å²) >= 11 is 0. The molecule has 1 rings (SSSR count). The van der Waals surface area contributed by atoms with E-state index < -0.39 is 24.9 Å². The monoisotopic (exact) mass is 238 g/mol. The molecule has 0 heterocycles. The zero-order chi connectivity index (χ0) is 12.2. The summed E-state index contributed by atoms with van der Waals surface area (Å²) in [6.07, 6.45) is -2.91. The Morgan fingerprint density at radius 1 is 1.38 bits per heavy atom. The fourth-order valence-corrected chi connectivity index (χ4v) is 1.91. The second-order valence-electron chi connectivity index (χ2n) is 4.27. The van der Waals surface area contributed by atoms with Crippen LogP contribution >= 0.6 is 0 Å². The zero-order valence-electron chi connectivity index (χ0n) is 9.02. The Morgan fingerprint density at radius 3 is 2.56 bits per heavy atom. The van der Waals surface area contributed by atoms with Crippen LogP contribution < -0.4 is 11.1 Å². The summed E-state index contributed by atoms with van der Waals surface area (Å²) in [6.45, 7) is 0.401. The normalized spacial score (nSPS) is 25.8. The van der Waals surface area contributed by atoms with E-state index in [-0.39, 0.29) is 12.0 Å². The van der Waals surface area contributed by atoms with E-state index in [1.807, 2.05) is 0 Å². The SMILES string of the molecule is NC1CCCC1CNC(=O)CCC(F)(F)F. The van der Waals surface area contributed by atoms with Gasteiger partial charge in [-0.15, -0.1) is 0 Å². The molecule has 2 unspecified atom stereocenters. The molecule has 1 aliphatic rings. The van der Waals surface area contributed by atoms with Gasteiger partial charge in [0.25, 0.3) is 0 Å².